The summed E-state index contributed by atoms with van der Waals surface area (Å²) in [5, 5.41) is 0. The van der Waals surface area contributed by atoms with E-state index >= 15 is 0 Å². The van der Waals surface area contributed by atoms with Gasteiger partial charge in [0.2, 0.25) is 0 Å². The minimum atomic E-state index is 0. The lowest BCUT2D eigenvalue weighted by atomic mass is 10.3. The Hall–Kier alpha value is 0.590. The summed E-state index contributed by atoms with van der Waals surface area (Å²) in [5.74, 6) is 0. The van der Waals surface area contributed by atoms with E-state index in [0.717, 1.165) is 20.3 Å². The Labute approximate surface area is 93.6 Å². The average Bonchev–Trinajstić information content (AvgIpc) is 1.82. The van der Waals surface area contributed by atoms with Crippen molar-refractivity contribution >= 4 is 48.8 Å². The maximum atomic E-state index is 4.26. The van der Waals surface area contributed by atoms with E-state index in [0.29, 0.717) is 0 Å². The van der Waals surface area contributed by atoms with Gasteiger partial charge >= 0.3 is 0 Å². The predicted molar refractivity (Wildman–Crippen MR) is 59.4 cm³/mol. The van der Waals surface area contributed by atoms with Crippen LogP contribution in [-0.2, 0) is 0 Å². The third kappa shape index (κ3) is 2.84. The molecule has 0 aromatic carbocycles. The molecule has 0 aliphatic rings. The van der Waals surface area contributed by atoms with Crippen LogP contribution in [0.5, 0.6) is 0 Å². The molecule has 11 heavy (non-hydrogen) atoms. The zero-order chi connectivity index (χ0) is 7.72. The van der Waals surface area contributed by atoms with Gasteiger partial charge in [-0.2, -0.15) is 0 Å². The van der Waals surface area contributed by atoms with Crippen molar-refractivity contribution in [1.29, 1.82) is 0 Å². The molecule has 0 radical (unpaired) electrons. The lowest BCUT2D eigenvalue weighted by Gasteiger charge is -2.00. The highest BCUT2D eigenvalue weighted by Crippen LogP contribution is 2.25. The van der Waals surface area contributed by atoms with Crippen molar-refractivity contribution in [1.82, 2.24) is 4.98 Å². The van der Waals surface area contributed by atoms with Crippen LogP contribution in [0.4, 0.5) is 0 Å². The highest BCUT2D eigenvalue weighted by Gasteiger charge is 2.00. The van der Waals surface area contributed by atoms with Crippen molar-refractivity contribution in [2.75, 3.05) is 0 Å². The van der Waals surface area contributed by atoms with Gasteiger partial charge < -0.3 is 0 Å². The van der Waals surface area contributed by atoms with E-state index in [1.54, 1.807) is 0 Å². The van der Waals surface area contributed by atoms with Crippen LogP contribution in [0.15, 0.2) is 15.0 Å². The van der Waals surface area contributed by atoms with Crippen LogP contribution in [-0.4, -0.2) is 4.98 Å². The maximum absolute atomic E-state index is 4.26. The van der Waals surface area contributed by atoms with Crippen molar-refractivity contribution in [3.8, 4) is 0 Å². The number of hydrogen-bond acceptors (Lipinski definition) is 1. The third-order valence-electron chi connectivity index (χ3n) is 1.21. The second kappa shape index (κ2) is 4.58. The van der Waals surface area contributed by atoms with E-state index in [4.69, 9.17) is 0 Å². The minimum absolute atomic E-state index is 0. The average molecular weight is 346 g/mol. The molecule has 4 heteroatoms. The van der Waals surface area contributed by atoms with Gasteiger partial charge in [0.05, 0.1) is 10.2 Å². The van der Waals surface area contributed by atoms with Gasteiger partial charge in [0, 0.05) is 10.2 Å². The van der Waals surface area contributed by atoms with Gasteiger partial charge in [-0.05, 0) is 51.8 Å². The third-order valence-corrected chi connectivity index (χ3v) is 3.37. The molecule has 1 nitrogen and oxygen atoms in total. The van der Waals surface area contributed by atoms with Gasteiger partial charge in [-0.1, -0.05) is 0 Å². The Balaban J connectivity index is 0.000001000. The number of aromatic nitrogens is 1. The number of hydrogen-bond donors (Lipinski definition) is 0. The molecule has 1 rings (SSSR count). The van der Waals surface area contributed by atoms with Gasteiger partial charge in [0.15, 0.2) is 0 Å². The van der Waals surface area contributed by atoms with E-state index in [1.807, 2.05) is 19.9 Å². The number of halogens is 3. The minimum Gasteiger partial charge on any atom is -0.257 e. The summed E-state index contributed by atoms with van der Waals surface area (Å²) in [5.41, 5.74) is 2.06. The van der Waals surface area contributed by atoms with E-state index < -0.39 is 0 Å². The lowest BCUT2D eigenvalue weighted by molar-refractivity contribution is 1.10. The fraction of sp³-hybridized carbons (Fsp3) is 0.286. The first-order valence-electron chi connectivity index (χ1n) is 2.90. The summed E-state index contributed by atoms with van der Waals surface area (Å²) in [7, 11) is 0. The quantitative estimate of drug-likeness (QED) is 0.697. The Morgan fingerprint density at radius 3 is 2.27 bits per heavy atom. The van der Waals surface area contributed by atoms with Crippen LogP contribution in [0.2, 0.25) is 0 Å². The second-order valence-electron chi connectivity index (χ2n) is 2.14. The number of rotatable bonds is 0. The largest absolute Gasteiger partial charge is 0.257 e. The molecule has 0 aliphatic carbocycles. The summed E-state index contributed by atoms with van der Waals surface area (Å²) in [6.45, 7) is 3.95. The van der Waals surface area contributed by atoms with Crippen LogP contribution in [0.25, 0.3) is 0 Å². The van der Waals surface area contributed by atoms with Gasteiger partial charge in [0.1, 0.15) is 0 Å². The molecule has 1 aromatic rings. The zero-order valence-electron chi connectivity index (χ0n) is 6.19. The SMILES string of the molecule is Br.Cc1cc(Br)c(Br)c(C)n1. The number of pyridine rings is 1. The highest BCUT2D eigenvalue weighted by atomic mass is 79.9. The molecule has 0 amide bonds. The molecule has 0 spiro atoms. The van der Waals surface area contributed by atoms with E-state index in [9.17, 15) is 0 Å². The Kier molecular flexibility index (Phi) is 4.82. The van der Waals surface area contributed by atoms with Gasteiger partial charge in [0.25, 0.3) is 0 Å². The van der Waals surface area contributed by atoms with Crippen molar-refractivity contribution in [3.63, 3.8) is 0 Å². The molecule has 1 aromatic heterocycles. The fourth-order valence-corrected chi connectivity index (χ4v) is 1.59. The normalized spacial score (nSPS) is 9.09. The van der Waals surface area contributed by atoms with Gasteiger partial charge in [-0.15, -0.1) is 17.0 Å². The Bertz CT molecular complexity index is 237. The molecule has 0 saturated carbocycles. The topological polar surface area (TPSA) is 12.9 Å². The molecule has 0 aliphatic heterocycles. The smallest absolute Gasteiger partial charge is 0.0530 e. The first-order chi connectivity index (χ1) is 4.61. The molecule has 1 heterocycles. The fourth-order valence-electron chi connectivity index (χ4n) is 0.765. The molecule has 0 bridgehead atoms. The molecule has 0 saturated heterocycles. The summed E-state index contributed by atoms with van der Waals surface area (Å²) in [4.78, 5) is 4.26. The monoisotopic (exact) mass is 343 g/mol. The molecule has 62 valence electrons. The van der Waals surface area contributed by atoms with Crippen molar-refractivity contribution in [2.45, 2.75) is 13.8 Å². The molecule has 0 atom stereocenters. The second-order valence-corrected chi connectivity index (χ2v) is 3.79. The molecule has 0 fully saturated rings. The van der Waals surface area contributed by atoms with E-state index in [2.05, 4.69) is 36.8 Å². The molecular weight excluding hydrogens is 338 g/mol. The predicted octanol–water partition coefficient (Wildman–Crippen LogP) is 3.80. The van der Waals surface area contributed by atoms with Crippen LogP contribution >= 0.6 is 48.8 Å². The van der Waals surface area contributed by atoms with Crippen molar-refractivity contribution in [2.24, 2.45) is 0 Å². The lowest BCUT2D eigenvalue weighted by Crippen LogP contribution is -1.87. The first-order valence-corrected chi connectivity index (χ1v) is 4.49. The van der Waals surface area contributed by atoms with Crippen LogP contribution in [0.3, 0.4) is 0 Å². The number of aryl methyl sites for hydroxylation is 2. The van der Waals surface area contributed by atoms with Gasteiger partial charge in [-0.25, -0.2) is 0 Å². The summed E-state index contributed by atoms with van der Waals surface area (Å²) in [6, 6.07) is 1.98. The van der Waals surface area contributed by atoms with E-state index in [1.165, 1.54) is 0 Å². The van der Waals surface area contributed by atoms with E-state index in [-0.39, 0.29) is 17.0 Å². The molecular formula is C7H8Br3N. The van der Waals surface area contributed by atoms with Crippen LogP contribution in [0, 0.1) is 13.8 Å². The molecule has 0 unspecified atom stereocenters. The standard InChI is InChI=1S/C7H7Br2N.BrH/c1-4-3-6(8)7(9)5(2)10-4;/h3H,1-2H3;1H. The van der Waals surface area contributed by atoms with Crippen LogP contribution < -0.4 is 0 Å². The first kappa shape index (κ1) is 11.6. The van der Waals surface area contributed by atoms with Gasteiger partial charge in [-0.3, -0.25) is 4.98 Å². The highest BCUT2D eigenvalue weighted by molar-refractivity contribution is 9.13. The van der Waals surface area contributed by atoms with Crippen LogP contribution in [0.1, 0.15) is 11.4 Å². The Morgan fingerprint density at radius 1 is 1.27 bits per heavy atom. The summed E-state index contributed by atoms with van der Waals surface area (Å²) < 4.78 is 2.11. The number of nitrogens with zero attached hydrogens (tertiary/aromatic N) is 1. The zero-order valence-corrected chi connectivity index (χ0v) is 11.1. The Morgan fingerprint density at radius 2 is 1.82 bits per heavy atom. The summed E-state index contributed by atoms with van der Waals surface area (Å²) in [6.07, 6.45) is 0. The van der Waals surface area contributed by atoms with Crippen molar-refractivity contribution in [3.05, 3.63) is 26.4 Å². The summed E-state index contributed by atoms with van der Waals surface area (Å²) >= 11 is 6.81. The van der Waals surface area contributed by atoms with Crippen molar-refractivity contribution < 1.29 is 0 Å². The maximum Gasteiger partial charge on any atom is 0.0530 e. The molecule has 0 N–H and O–H groups in total.